The predicted octanol–water partition coefficient (Wildman–Crippen LogP) is 6.51. The number of pyridine rings is 1. The first-order valence-corrected chi connectivity index (χ1v) is 10.8. The van der Waals surface area contributed by atoms with Crippen LogP contribution in [-0.2, 0) is 17.7 Å². The van der Waals surface area contributed by atoms with Gasteiger partial charge in [-0.1, -0.05) is 26.0 Å². The van der Waals surface area contributed by atoms with E-state index in [1.54, 1.807) is 17.0 Å². The Morgan fingerprint density at radius 3 is 2.41 bits per heavy atom. The largest absolute Gasteiger partial charge is 0.443 e. The van der Waals surface area contributed by atoms with Crippen LogP contribution in [0.3, 0.4) is 0 Å². The highest BCUT2D eigenvalue weighted by atomic mass is 35.5. The molecular weight excluding hydrogens is 429 g/mol. The van der Waals surface area contributed by atoms with Crippen LogP contribution in [0, 0.1) is 23.6 Å². The maximum atomic E-state index is 13.5. The summed E-state index contributed by atoms with van der Waals surface area (Å²) in [5.41, 5.74) is 3.60. The van der Waals surface area contributed by atoms with Gasteiger partial charge in [0, 0.05) is 12.4 Å². The van der Waals surface area contributed by atoms with E-state index < -0.39 is 11.7 Å². The number of benzene rings is 1. The molecule has 0 saturated heterocycles. The van der Waals surface area contributed by atoms with E-state index in [4.69, 9.17) is 4.74 Å². The van der Waals surface area contributed by atoms with Crippen LogP contribution < -0.4 is 4.90 Å². The standard InChI is InChI=1S/C25H30FN3O2.ClH/c1-15-16(2)20(15)12-18-13-28-21-10-11-27-22(21)23(18)29(24(30)31-25(3,4)5)14-17-6-8-19(26)9-7-17;/h6-11,13,15-16,20,27H,12,14H2,1-5H3;1H. The minimum Gasteiger partial charge on any atom is -0.443 e. The lowest BCUT2D eigenvalue weighted by Crippen LogP contribution is -2.37. The Balaban J connectivity index is 0.00000289. The lowest BCUT2D eigenvalue weighted by atomic mass is 10.0. The number of aromatic amines is 1. The van der Waals surface area contributed by atoms with E-state index in [2.05, 4.69) is 23.8 Å². The Morgan fingerprint density at radius 2 is 1.81 bits per heavy atom. The van der Waals surface area contributed by atoms with Crippen LogP contribution in [0.2, 0.25) is 0 Å². The van der Waals surface area contributed by atoms with Crippen molar-refractivity contribution < 1.29 is 13.9 Å². The van der Waals surface area contributed by atoms with Crippen LogP contribution in [0.1, 0.15) is 45.7 Å². The first-order chi connectivity index (χ1) is 14.6. The third kappa shape index (κ3) is 5.07. The number of hydrogen-bond acceptors (Lipinski definition) is 3. The van der Waals surface area contributed by atoms with E-state index >= 15 is 0 Å². The van der Waals surface area contributed by atoms with Crippen molar-refractivity contribution >= 4 is 35.2 Å². The van der Waals surface area contributed by atoms with Gasteiger partial charge in [-0.3, -0.25) is 9.88 Å². The fourth-order valence-electron chi connectivity index (χ4n) is 4.20. The maximum absolute atomic E-state index is 13.5. The van der Waals surface area contributed by atoms with Crippen LogP contribution in [0.15, 0.2) is 42.7 Å². The van der Waals surface area contributed by atoms with Crippen molar-refractivity contribution in [2.24, 2.45) is 17.8 Å². The molecule has 2 aromatic heterocycles. The monoisotopic (exact) mass is 459 g/mol. The summed E-state index contributed by atoms with van der Waals surface area (Å²) in [5.74, 6) is 1.57. The molecule has 0 bridgehead atoms. The van der Waals surface area contributed by atoms with Crippen molar-refractivity contribution in [2.45, 2.75) is 53.2 Å². The first-order valence-electron chi connectivity index (χ1n) is 10.8. The van der Waals surface area contributed by atoms with E-state index in [1.165, 1.54) is 12.1 Å². The summed E-state index contributed by atoms with van der Waals surface area (Å²) in [6.45, 7) is 10.4. The highest BCUT2D eigenvalue weighted by molar-refractivity contribution is 6.00. The lowest BCUT2D eigenvalue weighted by molar-refractivity contribution is 0.0577. The van der Waals surface area contributed by atoms with Crippen LogP contribution in [0.4, 0.5) is 14.9 Å². The number of amides is 1. The zero-order valence-corrected chi connectivity index (χ0v) is 20.0. The molecule has 1 aliphatic carbocycles. The van der Waals surface area contributed by atoms with E-state index in [0.717, 1.165) is 34.3 Å². The number of fused-ring (bicyclic) bond motifs is 1. The normalized spacial score (nSPS) is 20.0. The number of aromatic nitrogens is 2. The van der Waals surface area contributed by atoms with Crippen LogP contribution >= 0.6 is 12.4 Å². The number of hydrogen-bond donors (Lipinski definition) is 1. The molecule has 1 aromatic carbocycles. The van der Waals surface area contributed by atoms with Crippen LogP contribution in [0.5, 0.6) is 0 Å². The van der Waals surface area contributed by atoms with E-state index in [0.29, 0.717) is 17.8 Å². The van der Waals surface area contributed by atoms with Crippen molar-refractivity contribution in [1.82, 2.24) is 9.97 Å². The molecule has 1 fully saturated rings. The zero-order chi connectivity index (χ0) is 22.3. The molecule has 1 saturated carbocycles. The Hall–Kier alpha value is -2.60. The average Bonchev–Trinajstić information content (AvgIpc) is 3.07. The number of nitrogens with one attached hydrogen (secondary N) is 1. The van der Waals surface area contributed by atoms with Crippen LogP contribution in [-0.4, -0.2) is 21.7 Å². The molecule has 2 atom stereocenters. The number of carbonyl (C=O) groups is 1. The molecule has 5 nitrogen and oxygen atoms in total. The van der Waals surface area contributed by atoms with Crippen molar-refractivity contribution in [3.63, 3.8) is 0 Å². The molecule has 32 heavy (non-hydrogen) atoms. The van der Waals surface area contributed by atoms with Gasteiger partial charge in [0.05, 0.1) is 23.3 Å². The third-order valence-electron chi connectivity index (χ3n) is 6.26. The molecule has 0 aliphatic heterocycles. The van der Waals surface area contributed by atoms with Gasteiger partial charge in [0.15, 0.2) is 0 Å². The molecule has 1 aliphatic rings. The minimum atomic E-state index is -0.639. The Kier molecular flexibility index (Phi) is 6.84. The fourth-order valence-corrected chi connectivity index (χ4v) is 4.20. The number of nitrogens with zero attached hydrogens (tertiary/aromatic N) is 2. The first kappa shape index (κ1) is 24.1. The number of ether oxygens (including phenoxy) is 1. The SMILES string of the molecule is CC1C(C)C1Cc1cnc2cc[nH]c2c1N(Cc1ccc(F)cc1)C(=O)OC(C)(C)C.Cl. The Bertz CT molecular complexity index is 1080. The number of carbonyl (C=O) groups excluding carboxylic acids is 1. The van der Waals surface area contributed by atoms with Gasteiger partial charge in [-0.2, -0.15) is 0 Å². The van der Waals surface area contributed by atoms with Gasteiger partial charge in [0.1, 0.15) is 11.4 Å². The number of anilines is 1. The second-order valence-corrected chi connectivity index (χ2v) is 9.65. The number of halogens is 2. The Labute approximate surface area is 194 Å². The van der Waals surface area contributed by atoms with Crippen molar-refractivity contribution in [3.05, 3.63) is 59.7 Å². The third-order valence-corrected chi connectivity index (χ3v) is 6.26. The summed E-state index contributed by atoms with van der Waals surface area (Å²) in [7, 11) is 0. The number of rotatable bonds is 5. The molecule has 1 amide bonds. The van der Waals surface area contributed by atoms with E-state index in [-0.39, 0.29) is 24.8 Å². The van der Waals surface area contributed by atoms with Gasteiger partial charge < -0.3 is 9.72 Å². The molecular formula is C25H31ClFN3O2. The zero-order valence-electron chi connectivity index (χ0n) is 19.2. The highest BCUT2D eigenvalue weighted by Crippen LogP contribution is 2.48. The summed E-state index contributed by atoms with van der Waals surface area (Å²) in [6.07, 6.45) is 4.13. The summed E-state index contributed by atoms with van der Waals surface area (Å²) in [5, 5.41) is 0. The lowest BCUT2D eigenvalue weighted by Gasteiger charge is -2.29. The van der Waals surface area contributed by atoms with Crippen molar-refractivity contribution in [1.29, 1.82) is 0 Å². The molecule has 3 aromatic rings. The molecule has 172 valence electrons. The molecule has 2 heterocycles. The molecule has 2 unspecified atom stereocenters. The van der Waals surface area contributed by atoms with Gasteiger partial charge >= 0.3 is 6.09 Å². The predicted molar refractivity (Wildman–Crippen MR) is 128 cm³/mol. The molecule has 1 N–H and O–H groups in total. The molecule has 7 heteroatoms. The summed E-state index contributed by atoms with van der Waals surface area (Å²) in [4.78, 5) is 22.9. The van der Waals surface area contributed by atoms with Crippen LogP contribution in [0.25, 0.3) is 11.0 Å². The Morgan fingerprint density at radius 1 is 1.16 bits per heavy atom. The van der Waals surface area contributed by atoms with E-state index in [1.807, 2.05) is 39.2 Å². The smallest absolute Gasteiger partial charge is 0.415 e. The van der Waals surface area contributed by atoms with Gasteiger partial charge in [-0.05, 0) is 74.3 Å². The summed E-state index contributed by atoms with van der Waals surface area (Å²) in [6, 6.07) is 8.12. The molecule has 4 rings (SSSR count). The van der Waals surface area contributed by atoms with Gasteiger partial charge in [0.2, 0.25) is 0 Å². The molecule has 0 radical (unpaired) electrons. The second kappa shape index (κ2) is 9.10. The average molecular weight is 460 g/mol. The van der Waals surface area contributed by atoms with E-state index in [9.17, 15) is 9.18 Å². The second-order valence-electron chi connectivity index (χ2n) is 9.65. The van der Waals surface area contributed by atoms with Crippen molar-refractivity contribution in [3.8, 4) is 0 Å². The van der Waals surface area contributed by atoms with Gasteiger partial charge in [0.25, 0.3) is 0 Å². The summed E-state index contributed by atoms with van der Waals surface area (Å²) < 4.78 is 19.2. The van der Waals surface area contributed by atoms with Crippen molar-refractivity contribution in [2.75, 3.05) is 4.90 Å². The fraction of sp³-hybridized carbons (Fsp3) is 0.440. The maximum Gasteiger partial charge on any atom is 0.415 e. The summed E-state index contributed by atoms with van der Waals surface area (Å²) >= 11 is 0. The molecule has 0 spiro atoms. The van der Waals surface area contributed by atoms with Gasteiger partial charge in [-0.15, -0.1) is 12.4 Å². The topological polar surface area (TPSA) is 58.2 Å². The quantitative estimate of drug-likeness (QED) is 0.473. The van der Waals surface area contributed by atoms with Gasteiger partial charge in [-0.25, -0.2) is 9.18 Å². The highest BCUT2D eigenvalue weighted by Gasteiger charge is 2.43. The number of H-pyrrole nitrogens is 1. The minimum absolute atomic E-state index is 0.